The minimum absolute atomic E-state index is 0.137. The molecule has 3 amide bonds. The number of imide groups is 1. The molecule has 0 radical (unpaired) electrons. The lowest BCUT2D eigenvalue weighted by Gasteiger charge is -2.12. The summed E-state index contributed by atoms with van der Waals surface area (Å²) in [7, 11) is 0. The number of amides is 3. The van der Waals surface area contributed by atoms with Gasteiger partial charge in [-0.2, -0.15) is 0 Å². The van der Waals surface area contributed by atoms with Crippen LogP contribution in [0.5, 0.6) is 11.5 Å². The lowest BCUT2D eigenvalue weighted by Crippen LogP contribution is -2.36. The Morgan fingerprint density at radius 2 is 1.90 bits per heavy atom. The van der Waals surface area contributed by atoms with Gasteiger partial charge in [-0.1, -0.05) is 33.6 Å². The van der Waals surface area contributed by atoms with Gasteiger partial charge in [0.25, 0.3) is 11.1 Å². The summed E-state index contributed by atoms with van der Waals surface area (Å²) >= 11 is 4.22. The van der Waals surface area contributed by atoms with E-state index in [4.69, 9.17) is 9.47 Å². The van der Waals surface area contributed by atoms with Gasteiger partial charge in [0.1, 0.15) is 6.54 Å². The highest BCUT2D eigenvalue weighted by Crippen LogP contribution is 2.39. The Labute approximate surface area is 179 Å². The van der Waals surface area contributed by atoms with Crippen LogP contribution in [0, 0.1) is 6.92 Å². The minimum Gasteiger partial charge on any atom is -0.454 e. The summed E-state index contributed by atoms with van der Waals surface area (Å²) < 4.78 is 11.4. The fraction of sp³-hybridized carbons (Fsp3) is 0.150. The van der Waals surface area contributed by atoms with E-state index in [0.717, 1.165) is 22.2 Å². The van der Waals surface area contributed by atoms with E-state index in [0.29, 0.717) is 27.2 Å². The molecule has 0 aromatic heterocycles. The molecule has 2 aliphatic rings. The third-order valence-electron chi connectivity index (χ3n) is 4.29. The van der Waals surface area contributed by atoms with Crippen molar-refractivity contribution in [2.24, 2.45) is 0 Å². The second kappa shape index (κ2) is 7.92. The van der Waals surface area contributed by atoms with Gasteiger partial charge in [-0.15, -0.1) is 0 Å². The first-order chi connectivity index (χ1) is 13.9. The molecule has 0 spiro atoms. The third kappa shape index (κ3) is 4.15. The van der Waals surface area contributed by atoms with E-state index in [2.05, 4.69) is 21.2 Å². The molecule has 1 fully saturated rings. The highest BCUT2D eigenvalue weighted by Gasteiger charge is 2.36. The van der Waals surface area contributed by atoms with E-state index < -0.39 is 17.1 Å². The molecular formula is C20H15BrN2O5S. The van der Waals surface area contributed by atoms with Gasteiger partial charge in [0.05, 0.1) is 4.91 Å². The maximum Gasteiger partial charge on any atom is 0.294 e. The van der Waals surface area contributed by atoms with Gasteiger partial charge in [-0.25, -0.2) is 0 Å². The number of aryl methyl sites for hydroxylation is 1. The van der Waals surface area contributed by atoms with Crippen LogP contribution >= 0.6 is 27.7 Å². The molecule has 4 rings (SSSR count). The number of fused-ring (bicyclic) bond motifs is 1. The van der Waals surface area contributed by atoms with Crippen molar-refractivity contribution in [1.82, 2.24) is 4.90 Å². The van der Waals surface area contributed by atoms with Gasteiger partial charge in [-0.05, 0) is 54.6 Å². The minimum atomic E-state index is -0.511. The molecule has 2 aromatic carbocycles. The van der Waals surface area contributed by atoms with E-state index in [-0.39, 0.29) is 18.2 Å². The highest BCUT2D eigenvalue weighted by molar-refractivity contribution is 9.10. The van der Waals surface area contributed by atoms with Crippen LogP contribution in [0.1, 0.15) is 11.1 Å². The summed E-state index contributed by atoms with van der Waals surface area (Å²) in [5.41, 5.74) is 2.34. The topological polar surface area (TPSA) is 84.9 Å². The van der Waals surface area contributed by atoms with Crippen molar-refractivity contribution in [1.29, 1.82) is 0 Å². The lowest BCUT2D eigenvalue weighted by atomic mass is 10.2. The zero-order valence-electron chi connectivity index (χ0n) is 15.2. The molecule has 2 heterocycles. The van der Waals surface area contributed by atoms with E-state index in [9.17, 15) is 14.4 Å². The first-order valence-electron chi connectivity index (χ1n) is 8.62. The molecule has 2 aliphatic heterocycles. The van der Waals surface area contributed by atoms with Crippen LogP contribution in [0.25, 0.3) is 6.08 Å². The molecular weight excluding hydrogens is 460 g/mol. The van der Waals surface area contributed by atoms with Crippen LogP contribution < -0.4 is 14.8 Å². The molecule has 1 N–H and O–H groups in total. The number of nitrogens with zero attached hydrogens (tertiary/aromatic N) is 1. The molecule has 0 aliphatic carbocycles. The fourth-order valence-corrected chi connectivity index (χ4v) is 4.07. The number of halogens is 1. The van der Waals surface area contributed by atoms with Crippen molar-refractivity contribution in [2.45, 2.75) is 6.92 Å². The number of anilines is 1. The number of benzene rings is 2. The summed E-state index contributed by atoms with van der Waals surface area (Å²) in [6.07, 6.45) is 1.59. The summed E-state index contributed by atoms with van der Waals surface area (Å²) in [4.78, 5) is 38.4. The predicted octanol–water partition coefficient (Wildman–Crippen LogP) is 4.16. The standard InChI is InChI=1S/C20H15BrN2O5S/c1-11-2-4-13(5-3-11)22-18(24)9-23-19(25)17(29-20(23)26)7-12-6-15-16(8-14(12)21)28-10-27-15/h2-8H,9-10H2,1H3,(H,22,24)/b17-7+. The lowest BCUT2D eigenvalue weighted by molar-refractivity contribution is -0.127. The second-order valence-electron chi connectivity index (χ2n) is 6.41. The Bertz CT molecular complexity index is 1050. The highest BCUT2D eigenvalue weighted by atomic mass is 79.9. The number of carbonyl (C=O) groups excluding carboxylic acids is 3. The Morgan fingerprint density at radius 1 is 1.21 bits per heavy atom. The number of ether oxygens (including phenoxy) is 2. The molecule has 2 aromatic rings. The van der Waals surface area contributed by atoms with Crippen molar-refractivity contribution >= 4 is 56.5 Å². The maximum atomic E-state index is 12.7. The third-order valence-corrected chi connectivity index (χ3v) is 5.88. The zero-order valence-corrected chi connectivity index (χ0v) is 17.6. The monoisotopic (exact) mass is 474 g/mol. The van der Waals surface area contributed by atoms with Gasteiger partial charge < -0.3 is 14.8 Å². The average molecular weight is 475 g/mol. The van der Waals surface area contributed by atoms with Crippen LogP contribution in [-0.2, 0) is 9.59 Å². The van der Waals surface area contributed by atoms with Gasteiger partial charge in [-0.3, -0.25) is 19.3 Å². The number of thioether (sulfide) groups is 1. The maximum absolute atomic E-state index is 12.7. The van der Waals surface area contributed by atoms with Crippen molar-refractivity contribution in [3.8, 4) is 11.5 Å². The second-order valence-corrected chi connectivity index (χ2v) is 8.26. The quantitative estimate of drug-likeness (QED) is 0.669. The molecule has 0 bridgehead atoms. The average Bonchev–Trinajstić information content (AvgIpc) is 3.23. The van der Waals surface area contributed by atoms with Crippen LogP contribution in [0.4, 0.5) is 10.5 Å². The number of nitrogens with one attached hydrogen (secondary N) is 1. The summed E-state index contributed by atoms with van der Waals surface area (Å²) in [5.74, 6) is 0.219. The zero-order chi connectivity index (χ0) is 20.5. The molecule has 0 saturated carbocycles. The molecule has 9 heteroatoms. The van der Waals surface area contributed by atoms with Gasteiger partial charge in [0.15, 0.2) is 11.5 Å². The van der Waals surface area contributed by atoms with E-state index >= 15 is 0 Å². The largest absolute Gasteiger partial charge is 0.454 e. The predicted molar refractivity (Wildman–Crippen MR) is 113 cm³/mol. The van der Waals surface area contributed by atoms with Crippen LogP contribution in [0.3, 0.4) is 0 Å². The number of carbonyl (C=O) groups is 3. The van der Waals surface area contributed by atoms with Crippen LogP contribution in [-0.4, -0.2) is 35.3 Å². The van der Waals surface area contributed by atoms with Crippen molar-refractivity contribution in [2.75, 3.05) is 18.7 Å². The molecule has 148 valence electrons. The molecule has 0 unspecified atom stereocenters. The van der Waals surface area contributed by atoms with Crippen molar-refractivity contribution in [3.63, 3.8) is 0 Å². The van der Waals surface area contributed by atoms with Crippen LogP contribution in [0.2, 0.25) is 0 Å². The van der Waals surface area contributed by atoms with Gasteiger partial charge >= 0.3 is 0 Å². The molecule has 7 nitrogen and oxygen atoms in total. The Balaban J connectivity index is 1.48. The normalized spacial score (nSPS) is 16.6. The van der Waals surface area contributed by atoms with E-state index in [1.54, 1.807) is 30.3 Å². The summed E-state index contributed by atoms with van der Waals surface area (Å²) in [6.45, 7) is 1.73. The number of hydrogen-bond donors (Lipinski definition) is 1. The van der Waals surface area contributed by atoms with Gasteiger partial charge in [0, 0.05) is 10.2 Å². The SMILES string of the molecule is Cc1ccc(NC(=O)CN2C(=O)S/C(=C/c3cc4c(cc3Br)OCO4)C2=O)cc1. The molecule has 0 atom stereocenters. The first kappa shape index (κ1) is 19.5. The van der Waals surface area contributed by atoms with Gasteiger partial charge in [0.2, 0.25) is 12.7 Å². The molecule has 1 saturated heterocycles. The van der Waals surface area contributed by atoms with E-state index in [1.165, 1.54) is 0 Å². The number of rotatable bonds is 4. The van der Waals surface area contributed by atoms with Crippen molar-refractivity contribution in [3.05, 3.63) is 56.9 Å². The molecule has 29 heavy (non-hydrogen) atoms. The van der Waals surface area contributed by atoms with Crippen molar-refractivity contribution < 1.29 is 23.9 Å². The van der Waals surface area contributed by atoms with E-state index in [1.807, 2.05) is 19.1 Å². The Kier molecular flexibility index (Phi) is 5.33. The van der Waals surface area contributed by atoms with Crippen LogP contribution in [0.15, 0.2) is 45.8 Å². The Morgan fingerprint density at radius 3 is 2.62 bits per heavy atom. The first-order valence-corrected chi connectivity index (χ1v) is 10.2. The summed E-state index contributed by atoms with van der Waals surface area (Å²) in [5, 5.41) is 2.20. The Hall–Kier alpha value is -2.78. The summed E-state index contributed by atoms with van der Waals surface area (Å²) in [6, 6.07) is 10.7. The fourth-order valence-electron chi connectivity index (χ4n) is 2.80. The number of hydrogen-bond acceptors (Lipinski definition) is 6. The smallest absolute Gasteiger partial charge is 0.294 e.